The molecule has 3 N–H and O–H groups in total. The molecule has 2 rings (SSSR count). The van der Waals surface area contributed by atoms with Gasteiger partial charge in [0.2, 0.25) is 0 Å². The number of anilines is 1. The molecule has 0 saturated carbocycles. The first-order valence-electron chi connectivity index (χ1n) is 4.93. The Balaban J connectivity index is 0.000000980. The van der Waals surface area contributed by atoms with Gasteiger partial charge in [-0.25, -0.2) is 0 Å². The first-order chi connectivity index (χ1) is 6.38. The molecule has 1 aromatic carbocycles. The number of hydrogen-bond acceptors (Lipinski definition) is 2. The van der Waals surface area contributed by atoms with Gasteiger partial charge in [0.1, 0.15) is 0 Å². The van der Waals surface area contributed by atoms with E-state index in [1.165, 1.54) is 18.4 Å². The first kappa shape index (κ1) is 11.3. The molecular formula is C11H17ClN2. The van der Waals surface area contributed by atoms with Crippen molar-refractivity contribution in [2.45, 2.75) is 18.8 Å². The Morgan fingerprint density at radius 1 is 1.14 bits per heavy atom. The minimum Gasteiger partial charge on any atom is -0.398 e. The van der Waals surface area contributed by atoms with Crippen LogP contribution in [0.2, 0.25) is 0 Å². The first-order valence-corrected chi connectivity index (χ1v) is 4.93. The van der Waals surface area contributed by atoms with Gasteiger partial charge in [0, 0.05) is 5.69 Å². The van der Waals surface area contributed by atoms with Gasteiger partial charge in [-0.3, -0.25) is 0 Å². The number of para-hydroxylation sites is 1. The third kappa shape index (κ3) is 2.40. The second-order valence-electron chi connectivity index (χ2n) is 3.65. The molecule has 3 heteroatoms. The Bertz CT molecular complexity index is 282. The van der Waals surface area contributed by atoms with Crippen molar-refractivity contribution in [1.82, 2.24) is 5.32 Å². The molecule has 2 nitrogen and oxygen atoms in total. The molecule has 0 amide bonds. The van der Waals surface area contributed by atoms with Crippen molar-refractivity contribution in [3.8, 4) is 0 Å². The van der Waals surface area contributed by atoms with E-state index in [9.17, 15) is 0 Å². The monoisotopic (exact) mass is 212 g/mol. The molecule has 78 valence electrons. The zero-order valence-corrected chi connectivity index (χ0v) is 9.02. The molecule has 1 fully saturated rings. The molecule has 1 heterocycles. The standard InChI is InChI=1S/C11H16N2.ClH/c12-11-4-2-1-3-10(11)9-5-7-13-8-6-9;/h1-4,9,13H,5-8,12H2;1H. The smallest absolute Gasteiger partial charge is 0.0349 e. The Morgan fingerprint density at radius 3 is 2.43 bits per heavy atom. The van der Waals surface area contributed by atoms with Crippen molar-refractivity contribution in [3.63, 3.8) is 0 Å². The maximum Gasteiger partial charge on any atom is 0.0349 e. The summed E-state index contributed by atoms with van der Waals surface area (Å²) in [7, 11) is 0. The van der Waals surface area contributed by atoms with Gasteiger partial charge in [-0.05, 0) is 43.5 Å². The summed E-state index contributed by atoms with van der Waals surface area (Å²) >= 11 is 0. The highest BCUT2D eigenvalue weighted by Gasteiger charge is 2.16. The summed E-state index contributed by atoms with van der Waals surface area (Å²) in [5, 5.41) is 3.36. The lowest BCUT2D eigenvalue weighted by molar-refractivity contribution is 0.461. The quantitative estimate of drug-likeness (QED) is 0.701. The van der Waals surface area contributed by atoms with Crippen molar-refractivity contribution in [3.05, 3.63) is 29.8 Å². The third-order valence-electron chi connectivity index (χ3n) is 2.77. The third-order valence-corrected chi connectivity index (χ3v) is 2.77. The fourth-order valence-corrected chi connectivity index (χ4v) is 2.02. The number of benzene rings is 1. The van der Waals surface area contributed by atoms with Crippen LogP contribution in [0.5, 0.6) is 0 Å². The number of halogens is 1. The molecule has 1 aromatic rings. The van der Waals surface area contributed by atoms with Crippen LogP contribution in [0, 0.1) is 0 Å². The largest absolute Gasteiger partial charge is 0.398 e. The molecule has 1 aliphatic rings. The Morgan fingerprint density at radius 2 is 1.79 bits per heavy atom. The second-order valence-corrected chi connectivity index (χ2v) is 3.65. The van der Waals surface area contributed by atoms with Crippen LogP contribution in [0.1, 0.15) is 24.3 Å². The lowest BCUT2D eigenvalue weighted by Crippen LogP contribution is -2.26. The maximum absolute atomic E-state index is 5.93. The number of piperidine rings is 1. The second kappa shape index (κ2) is 5.23. The average molecular weight is 213 g/mol. The highest BCUT2D eigenvalue weighted by atomic mass is 35.5. The highest BCUT2D eigenvalue weighted by molar-refractivity contribution is 5.85. The van der Waals surface area contributed by atoms with E-state index >= 15 is 0 Å². The average Bonchev–Trinajstić information content (AvgIpc) is 2.20. The fourth-order valence-electron chi connectivity index (χ4n) is 2.02. The van der Waals surface area contributed by atoms with Gasteiger partial charge in [0.15, 0.2) is 0 Å². The molecule has 0 bridgehead atoms. The lowest BCUT2D eigenvalue weighted by Gasteiger charge is -2.23. The van der Waals surface area contributed by atoms with Crippen LogP contribution in [0.4, 0.5) is 5.69 Å². The topological polar surface area (TPSA) is 38.0 Å². The summed E-state index contributed by atoms with van der Waals surface area (Å²) in [5.41, 5.74) is 8.22. The molecule has 1 aliphatic heterocycles. The molecule has 0 atom stereocenters. The van der Waals surface area contributed by atoms with Crippen LogP contribution in [0.25, 0.3) is 0 Å². The Hall–Kier alpha value is -0.730. The van der Waals surface area contributed by atoms with E-state index in [0.717, 1.165) is 18.8 Å². The SMILES string of the molecule is Cl.Nc1ccccc1C1CCNCC1. The van der Waals surface area contributed by atoms with E-state index in [-0.39, 0.29) is 12.4 Å². The van der Waals surface area contributed by atoms with Crippen LogP contribution >= 0.6 is 12.4 Å². The molecule has 0 aliphatic carbocycles. The molecule has 0 unspecified atom stereocenters. The summed E-state index contributed by atoms with van der Waals surface area (Å²) in [6, 6.07) is 8.23. The zero-order chi connectivity index (χ0) is 9.10. The van der Waals surface area contributed by atoms with E-state index < -0.39 is 0 Å². The number of nitrogens with one attached hydrogen (secondary N) is 1. The van der Waals surface area contributed by atoms with Crippen molar-refractivity contribution in [2.75, 3.05) is 18.8 Å². The van der Waals surface area contributed by atoms with Gasteiger partial charge in [-0.1, -0.05) is 18.2 Å². The predicted molar refractivity (Wildman–Crippen MR) is 62.9 cm³/mol. The van der Waals surface area contributed by atoms with Crippen LogP contribution in [0.3, 0.4) is 0 Å². The van der Waals surface area contributed by atoms with Crippen LogP contribution < -0.4 is 11.1 Å². The normalized spacial score (nSPS) is 17.4. The Kier molecular flexibility index (Phi) is 4.23. The summed E-state index contributed by atoms with van der Waals surface area (Å²) in [6.45, 7) is 2.25. The lowest BCUT2D eigenvalue weighted by atomic mass is 9.89. The number of hydrogen-bond donors (Lipinski definition) is 2. The van der Waals surface area contributed by atoms with E-state index in [2.05, 4.69) is 17.4 Å². The van der Waals surface area contributed by atoms with Gasteiger partial charge >= 0.3 is 0 Å². The number of rotatable bonds is 1. The highest BCUT2D eigenvalue weighted by Crippen LogP contribution is 2.28. The molecule has 1 saturated heterocycles. The van der Waals surface area contributed by atoms with Gasteiger partial charge in [0.25, 0.3) is 0 Å². The van der Waals surface area contributed by atoms with E-state index in [0.29, 0.717) is 5.92 Å². The van der Waals surface area contributed by atoms with Crippen molar-refractivity contribution in [2.24, 2.45) is 0 Å². The van der Waals surface area contributed by atoms with Crippen molar-refractivity contribution >= 4 is 18.1 Å². The molecule has 0 aromatic heterocycles. The van der Waals surface area contributed by atoms with Crippen LogP contribution in [-0.4, -0.2) is 13.1 Å². The van der Waals surface area contributed by atoms with E-state index in [1.54, 1.807) is 0 Å². The van der Waals surface area contributed by atoms with Gasteiger partial charge in [-0.2, -0.15) is 0 Å². The van der Waals surface area contributed by atoms with Crippen molar-refractivity contribution in [1.29, 1.82) is 0 Å². The predicted octanol–water partition coefficient (Wildman–Crippen LogP) is 2.16. The minimum absolute atomic E-state index is 0. The Labute approximate surface area is 91.3 Å². The van der Waals surface area contributed by atoms with E-state index in [1.807, 2.05) is 12.1 Å². The van der Waals surface area contributed by atoms with Crippen molar-refractivity contribution < 1.29 is 0 Å². The minimum atomic E-state index is 0. The number of nitrogens with two attached hydrogens (primary N) is 1. The summed E-state index contributed by atoms with van der Waals surface area (Å²) in [5.74, 6) is 0.669. The summed E-state index contributed by atoms with van der Waals surface area (Å²) in [6.07, 6.45) is 2.43. The molecule has 0 spiro atoms. The molecular weight excluding hydrogens is 196 g/mol. The van der Waals surface area contributed by atoms with Crippen LogP contribution in [-0.2, 0) is 0 Å². The van der Waals surface area contributed by atoms with E-state index in [4.69, 9.17) is 5.73 Å². The summed E-state index contributed by atoms with van der Waals surface area (Å²) < 4.78 is 0. The van der Waals surface area contributed by atoms with Gasteiger partial charge in [0.05, 0.1) is 0 Å². The van der Waals surface area contributed by atoms with Gasteiger partial charge in [-0.15, -0.1) is 12.4 Å². The molecule has 14 heavy (non-hydrogen) atoms. The number of nitrogen functional groups attached to an aromatic ring is 1. The van der Waals surface area contributed by atoms with Crippen LogP contribution in [0.15, 0.2) is 24.3 Å². The zero-order valence-electron chi connectivity index (χ0n) is 8.20. The summed E-state index contributed by atoms with van der Waals surface area (Å²) in [4.78, 5) is 0. The molecule has 0 radical (unpaired) electrons. The fraction of sp³-hybridized carbons (Fsp3) is 0.455. The maximum atomic E-state index is 5.93. The van der Waals surface area contributed by atoms with Gasteiger partial charge < -0.3 is 11.1 Å².